The number of likely N-dealkylation sites (tertiary alicyclic amines) is 1. The molecule has 0 radical (unpaired) electrons. The monoisotopic (exact) mass is 425 g/mol. The first-order valence-electron chi connectivity index (χ1n) is 11.4. The number of likely N-dealkylation sites (N-methyl/N-ethyl adjacent to an activating group) is 1. The van der Waals surface area contributed by atoms with Crippen LogP contribution in [0.4, 0.5) is 0 Å². The normalized spacial score (nSPS) is 16.5. The molecular weight excluding hydrogens is 390 g/mol. The highest BCUT2D eigenvalue weighted by Crippen LogP contribution is 2.21. The molecule has 1 aromatic carbocycles. The number of pyridine rings is 1. The average Bonchev–Trinajstić information content (AvgIpc) is 3.22. The lowest BCUT2D eigenvalue weighted by Gasteiger charge is -2.27. The zero-order chi connectivity index (χ0) is 22.4. The number of rotatable bonds is 9. The van der Waals surface area contributed by atoms with Crippen LogP contribution in [0.2, 0.25) is 0 Å². The highest BCUT2D eigenvalue weighted by molar-refractivity contribution is 5.95. The largest absolute Gasteiger partial charge is 0.497 e. The Morgan fingerprint density at radius 3 is 2.61 bits per heavy atom. The fourth-order valence-electron chi connectivity index (χ4n) is 4.62. The number of carbonyl (C=O) groups is 1. The molecule has 0 spiro atoms. The smallest absolute Gasteiger partial charge is 0.257 e. The first-order chi connectivity index (χ1) is 15.0. The summed E-state index contributed by atoms with van der Waals surface area (Å²) in [7, 11) is 1.64. The maximum absolute atomic E-state index is 13.0. The van der Waals surface area contributed by atoms with Crippen molar-refractivity contribution in [3.05, 3.63) is 63.1 Å². The molecule has 3 rings (SSSR count). The van der Waals surface area contributed by atoms with E-state index in [2.05, 4.69) is 21.7 Å². The predicted molar refractivity (Wildman–Crippen MR) is 124 cm³/mol. The van der Waals surface area contributed by atoms with Crippen molar-refractivity contribution in [3.8, 4) is 5.75 Å². The van der Waals surface area contributed by atoms with E-state index in [1.54, 1.807) is 13.2 Å². The molecule has 2 heterocycles. The molecule has 1 atom stereocenters. The number of hydrogen-bond donors (Lipinski definition) is 1. The Kier molecular flexibility index (Phi) is 7.91. The Morgan fingerprint density at radius 1 is 1.23 bits per heavy atom. The molecule has 1 aliphatic rings. The SMILES string of the molecule is CCc1c(C(=O)NCCc2ccc(OC)cc2)c(=O)cc(C)n1C[C@@H]1CCCN1CC. The van der Waals surface area contributed by atoms with Gasteiger partial charge in [-0.3, -0.25) is 14.5 Å². The third-order valence-electron chi connectivity index (χ3n) is 6.35. The zero-order valence-electron chi connectivity index (χ0n) is 19.2. The van der Waals surface area contributed by atoms with Crippen molar-refractivity contribution in [1.29, 1.82) is 0 Å². The molecule has 1 aromatic heterocycles. The van der Waals surface area contributed by atoms with Gasteiger partial charge in [-0.25, -0.2) is 0 Å². The summed E-state index contributed by atoms with van der Waals surface area (Å²) in [5, 5.41) is 2.96. The van der Waals surface area contributed by atoms with E-state index < -0.39 is 0 Å². The second-order valence-electron chi connectivity index (χ2n) is 8.21. The highest BCUT2D eigenvalue weighted by Gasteiger charge is 2.26. The standard InChI is InChI=1S/C25H35N3O3/c1-5-22-24(25(30)26-14-13-19-9-11-21(31-4)12-10-19)23(29)16-18(3)28(22)17-20-8-7-15-27(20)6-2/h9-12,16,20H,5-8,13-15,17H2,1-4H3,(H,26,30)/t20-/m0/s1. The van der Waals surface area contributed by atoms with Gasteiger partial charge >= 0.3 is 0 Å². The van der Waals surface area contributed by atoms with Gasteiger partial charge in [-0.2, -0.15) is 0 Å². The number of ether oxygens (including phenoxy) is 1. The van der Waals surface area contributed by atoms with Crippen molar-refractivity contribution < 1.29 is 9.53 Å². The van der Waals surface area contributed by atoms with Gasteiger partial charge in [0.15, 0.2) is 5.43 Å². The van der Waals surface area contributed by atoms with E-state index in [0.29, 0.717) is 31.0 Å². The van der Waals surface area contributed by atoms with Crippen molar-refractivity contribution in [3.63, 3.8) is 0 Å². The van der Waals surface area contributed by atoms with Gasteiger partial charge in [0.2, 0.25) is 0 Å². The van der Waals surface area contributed by atoms with E-state index in [4.69, 9.17) is 4.74 Å². The number of benzene rings is 1. The molecule has 31 heavy (non-hydrogen) atoms. The van der Waals surface area contributed by atoms with E-state index >= 15 is 0 Å². The maximum atomic E-state index is 13.0. The van der Waals surface area contributed by atoms with Crippen molar-refractivity contribution in [1.82, 2.24) is 14.8 Å². The van der Waals surface area contributed by atoms with Crippen molar-refractivity contribution in [2.24, 2.45) is 0 Å². The summed E-state index contributed by atoms with van der Waals surface area (Å²) >= 11 is 0. The number of carbonyl (C=O) groups excluding carboxylic acids is 1. The lowest BCUT2D eigenvalue weighted by atomic mass is 10.1. The third kappa shape index (κ3) is 5.37. The number of nitrogens with zero attached hydrogens (tertiary/aromatic N) is 2. The van der Waals surface area contributed by atoms with Gasteiger partial charge < -0.3 is 14.6 Å². The number of methoxy groups -OCH3 is 1. The first kappa shape index (κ1) is 23.1. The minimum Gasteiger partial charge on any atom is -0.497 e. The highest BCUT2D eigenvalue weighted by atomic mass is 16.5. The summed E-state index contributed by atoms with van der Waals surface area (Å²) < 4.78 is 7.37. The van der Waals surface area contributed by atoms with Crippen LogP contribution in [0.3, 0.4) is 0 Å². The summed E-state index contributed by atoms with van der Waals surface area (Å²) in [6.45, 7) is 9.65. The molecule has 168 valence electrons. The number of aromatic nitrogens is 1. The fourth-order valence-corrected chi connectivity index (χ4v) is 4.62. The van der Waals surface area contributed by atoms with E-state index in [9.17, 15) is 9.59 Å². The Balaban J connectivity index is 1.75. The Bertz CT molecular complexity index is 950. The van der Waals surface area contributed by atoms with Gasteiger partial charge in [0.25, 0.3) is 5.91 Å². The minimum atomic E-state index is -0.275. The van der Waals surface area contributed by atoms with E-state index in [-0.39, 0.29) is 11.3 Å². The van der Waals surface area contributed by atoms with Crippen LogP contribution in [-0.2, 0) is 19.4 Å². The zero-order valence-corrected chi connectivity index (χ0v) is 19.2. The summed E-state index contributed by atoms with van der Waals surface area (Å²) in [6, 6.07) is 9.87. The Morgan fingerprint density at radius 2 is 1.97 bits per heavy atom. The molecule has 0 unspecified atom stereocenters. The van der Waals surface area contributed by atoms with Gasteiger partial charge in [-0.15, -0.1) is 0 Å². The molecule has 6 heteroatoms. The minimum absolute atomic E-state index is 0.189. The fraction of sp³-hybridized carbons (Fsp3) is 0.520. The summed E-state index contributed by atoms with van der Waals surface area (Å²) in [6.07, 6.45) is 3.71. The molecular formula is C25H35N3O3. The van der Waals surface area contributed by atoms with Gasteiger partial charge in [-0.05, 0) is 63.4 Å². The third-order valence-corrected chi connectivity index (χ3v) is 6.35. The molecule has 0 bridgehead atoms. The number of amides is 1. The summed E-state index contributed by atoms with van der Waals surface area (Å²) in [5.74, 6) is 0.535. The average molecular weight is 426 g/mol. The molecule has 1 aliphatic heterocycles. The van der Waals surface area contributed by atoms with Gasteiger partial charge in [0, 0.05) is 36.6 Å². The molecule has 0 aliphatic carbocycles. The van der Waals surface area contributed by atoms with Crippen molar-refractivity contribution in [2.45, 2.75) is 59.0 Å². The molecule has 1 saturated heterocycles. The summed E-state index contributed by atoms with van der Waals surface area (Å²) in [5.41, 5.74) is 2.99. The molecule has 1 amide bonds. The van der Waals surface area contributed by atoms with Gasteiger partial charge in [0.05, 0.1) is 7.11 Å². The Hall–Kier alpha value is -2.60. The topological polar surface area (TPSA) is 63.6 Å². The second kappa shape index (κ2) is 10.6. The van der Waals surface area contributed by atoms with Gasteiger partial charge in [0.1, 0.15) is 11.3 Å². The van der Waals surface area contributed by atoms with Crippen LogP contribution in [0, 0.1) is 6.92 Å². The molecule has 1 fully saturated rings. The molecule has 0 saturated carbocycles. The van der Waals surface area contributed by atoms with Gasteiger partial charge in [-0.1, -0.05) is 26.0 Å². The predicted octanol–water partition coefficient (Wildman–Crippen LogP) is 3.18. The molecule has 2 aromatic rings. The van der Waals surface area contributed by atoms with Crippen LogP contribution < -0.4 is 15.5 Å². The quantitative estimate of drug-likeness (QED) is 0.670. The molecule has 1 N–H and O–H groups in total. The number of nitrogens with one attached hydrogen (secondary N) is 1. The van der Waals surface area contributed by atoms with Crippen molar-refractivity contribution >= 4 is 5.91 Å². The van der Waals surface area contributed by atoms with Crippen LogP contribution in [0.1, 0.15) is 54.0 Å². The molecule has 6 nitrogen and oxygen atoms in total. The second-order valence-corrected chi connectivity index (χ2v) is 8.21. The lowest BCUT2D eigenvalue weighted by molar-refractivity contribution is 0.0950. The van der Waals surface area contributed by atoms with Crippen LogP contribution in [0.25, 0.3) is 0 Å². The van der Waals surface area contributed by atoms with Crippen LogP contribution in [-0.4, -0.2) is 48.2 Å². The van der Waals surface area contributed by atoms with Crippen LogP contribution >= 0.6 is 0 Å². The number of aryl methyl sites for hydroxylation is 1. The van der Waals surface area contributed by atoms with E-state index in [1.165, 1.54) is 6.42 Å². The van der Waals surface area contributed by atoms with Crippen molar-refractivity contribution in [2.75, 3.05) is 26.7 Å². The van der Waals surface area contributed by atoms with E-state index in [0.717, 1.165) is 48.8 Å². The van der Waals surface area contributed by atoms with Crippen LogP contribution in [0.15, 0.2) is 35.1 Å². The van der Waals surface area contributed by atoms with Crippen LogP contribution in [0.5, 0.6) is 5.75 Å². The first-order valence-corrected chi connectivity index (χ1v) is 11.4. The maximum Gasteiger partial charge on any atom is 0.257 e. The lowest BCUT2D eigenvalue weighted by Crippen LogP contribution is -2.37. The van der Waals surface area contributed by atoms with E-state index in [1.807, 2.05) is 38.1 Å². The number of hydrogen-bond acceptors (Lipinski definition) is 4. The summed E-state index contributed by atoms with van der Waals surface area (Å²) in [4.78, 5) is 28.3. The Labute approximate surface area is 185 Å².